The van der Waals surface area contributed by atoms with Gasteiger partial charge in [-0.25, -0.2) is 13.1 Å². The number of hydrogen-bond acceptors (Lipinski definition) is 3. The highest BCUT2D eigenvalue weighted by molar-refractivity contribution is 7.90. The molecule has 0 saturated heterocycles. The Hall–Kier alpha value is -0.130. The van der Waals surface area contributed by atoms with Crippen molar-refractivity contribution in [3.05, 3.63) is 0 Å². The molecule has 16 heavy (non-hydrogen) atoms. The van der Waals surface area contributed by atoms with Crippen LogP contribution in [0.3, 0.4) is 0 Å². The molecule has 1 rings (SSSR count). The second-order valence-corrected chi connectivity index (χ2v) is 6.90. The van der Waals surface area contributed by atoms with E-state index in [4.69, 9.17) is 0 Å². The van der Waals surface area contributed by atoms with Crippen LogP contribution in [0.15, 0.2) is 0 Å². The summed E-state index contributed by atoms with van der Waals surface area (Å²) in [6, 6.07) is -0.188. The molecule has 96 valence electrons. The average molecular weight is 249 g/mol. The molecule has 2 unspecified atom stereocenters. The number of hydrogen-bond donors (Lipinski definition) is 2. The molecule has 0 radical (unpaired) electrons. The van der Waals surface area contributed by atoms with E-state index in [9.17, 15) is 13.5 Å². The molecule has 0 aliphatic heterocycles. The van der Waals surface area contributed by atoms with Crippen LogP contribution < -0.4 is 4.72 Å². The van der Waals surface area contributed by atoms with Crippen LogP contribution >= 0.6 is 0 Å². The Morgan fingerprint density at radius 1 is 1.25 bits per heavy atom. The number of rotatable bonds is 5. The lowest BCUT2D eigenvalue weighted by Crippen LogP contribution is -2.41. The summed E-state index contributed by atoms with van der Waals surface area (Å²) in [5.74, 6) is 0. The highest BCUT2D eigenvalue weighted by atomic mass is 32.2. The highest BCUT2D eigenvalue weighted by Crippen LogP contribution is 2.23. The fraction of sp³-hybridized carbons (Fsp3) is 1.00. The topological polar surface area (TPSA) is 66.4 Å². The Balaban J connectivity index is 2.49. The summed E-state index contributed by atoms with van der Waals surface area (Å²) >= 11 is 0. The first-order valence-corrected chi connectivity index (χ1v) is 7.65. The van der Waals surface area contributed by atoms with Crippen molar-refractivity contribution in [2.45, 2.75) is 69.8 Å². The van der Waals surface area contributed by atoms with Crippen LogP contribution in [-0.2, 0) is 10.0 Å². The molecule has 1 aliphatic rings. The van der Waals surface area contributed by atoms with Gasteiger partial charge in [-0.05, 0) is 33.1 Å². The van der Waals surface area contributed by atoms with Crippen LogP contribution in [-0.4, -0.2) is 30.9 Å². The van der Waals surface area contributed by atoms with Crippen LogP contribution in [0.2, 0.25) is 0 Å². The first-order valence-electron chi connectivity index (χ1n) is 6.11. The molecule has 1 saturated carbocycles. The van der Waals surface area contributed by atoms with Crippen LogP contribution in [0.25, 0.3) is 0 Å². The summed E-state index contributed by atoms with van der Waals surface area (Å²) in [5, 5.41) is 8.97. The Kier molecular flexibility index (Phi) is 5.21. The third-order valence-electron chi connectivity index (χ3n) is 3.05. The second-order valence-electron chi connectivity index (χ2n) is 4.91. The van der Waals surface area contributed by atoms with Gasteiger partial charge in [-0.3, -0.25) is 0 Å². The van der Waals surface area contributed by atoms with Crippen molar-refractivity contribution in [1.29, 1.82) is 0 Å². The van der Waals surface area contributed by atoms with Gasteiger partial charge < -0.3 is 5.11 Å². The smallest absolute Gasteiger partial charge is 0.214 e. The van der Waals surface area contributed by atoms with Gasteiger partial charge in [0.2, 0.25) is 10.0 Å². The van der Waals surface area contributed by atoms with E-state index in [-0.39, 0.29) is 11.3 Å². The summed E-state index contributed by atoms with van der Waals surface area (Å²) in [6.45, 7) is 3.47. The monoisotopic (exact) mass is 249 g/mol. The zero-order valence-electron chi connectivity index (χ0n) is 10.1. The predicted molar refractivity (Wildman–Crippen MR) is 64.7 cm³/mol. The van der Waals surface area contributed by atoms with Gasteiger partial charge in [0.05, 0.1) is 11.4 Å². The van der Waals surface area contributed by atoms with E-state index in [2.05, 4.69) is 4.72 Å². The lowest BCUT2D eigenvalue weighted by atomic mass is 10.0. The summed E-state index contributed by atoms with van der Waals surface area (Å²) in [4.78, 5) is 0. The zero-order chi connectivity index (χ0) is 12.2. The fourth-order valence-corrected chi connectivity index (χ4v) is 4.12. The van der Waals surface area contributed by atoms with E-state index >= 15 is 0 Å². The molecular formula is C11H23NO3S. The summed E-state index contributed by atoms with van der Waals surface area (Å²) in [6.07, 6.45) is 4.71. The summed E-state index contributed by atoms with van der Waals surface area (Å²) in [5.41, 5.74) is 0. The van der Waals surface area contributed by atoms with Crippen molar-refractivity contribution in [2.24, 2.45) is 0 Å². The van der Waals surface area contributed by atoms with Crippen molar-refractivity contribution in [3.8, 4) is 0 Å². The minimum Gasteiger partial charge on any atom is -0.393 e. The van der Waals surface area contributed by atoms with Crippen LogP contribution in [0.5, 0.6) is 0 Å². The standard InChI is InChI=1S/C11H23NO3S/c1-9(8-10(2)13)12-16(14,15)11-6-4-3-5-7-11/h9-13H,3-8H2,1-2H3. The maximum Gasteiger partial charge on any atom is 0.214 e. The van der Waals surface area contributed by atoms with E-state index in [1.54, 1.807) is 13.8 Å². The van der Waals surface area contributed by atoms with Gasteiger partial charge in [0.15, 0.2) is 0 Å². The molecular weight excluding hydrogens is 226 g/mol. The third kappa shape index (κ3) is 4.39. The zero-order valence-corrected chi connectivity index (χ0v) is 11.0. The van der Waals surface area contributed by atoms with Gasteiger partial charge >= 0.3 is 0 Å². The molecule has 2 atom stereocenters. The van der Waals surface area contributed by atoms with Gasteiger partial charge in [-0.15, -0.1) is 0 Å². The fourth-order valence-electron chi connectivity index (χ4n) is 2.31. The Bertz CT molecular complexity index is 294. The molecule has 0 aromatic rings. The van der Waals surface area contributed by atoms with E-state index in [1.165, 1.54) is 0 Å². The molecule has 0 bridgehead atoms. The molecule has 0 heterocycles. The average Bonchev–Trinajstić information content (AvgIpc) is 2.16. The van der Waals surface area contributed by atoms with Crippen LogP contribution in [0.1, 0.15) is 52.4 Å². The van der Waals surface area contributed by atoms with Gasteiger partial charge in [0.25, 0.3) is 0 Å². The first-order chi connectivity index (χ1) is 7.42. The van der Waals surface area contributed by atoms with Gasteiger partial charge in [0.1, 0.15) is 0 Å². The second kappa shape index (κ2) is 5.98. The highest BCUT2D eigenvalue weighted by Gasteiger charge is 2.28. The molecule has 2 N–H and O–H groups in total. The third-order valence-corrected chi connectivity index (χ3v) is 5.13. The molecule has 0 aromatic carbocycles. The molecule has 1 fully saturated rings. The summed E-state index contributed by atoms with van der Waals surface area (Å²) < 4.78 is 26.6. The van der Waals surface area contributed by atoms with Crippen LogP contribution in [0, 0.1) is 0 Å². The van der Waals surface area contributed by atoms with E-state index in [0.29, 0.717) is 6.42 Å². The lowest BCUT2D eigenvalue weighted by Gasteiger charge is -2.24. The van der Waals surface area contributed by atoms with E-state index in [0.717, 1.165) is 32.1 Å². The largest absolute Gasteiger partial charge is 0.393 e. The Labute approximate surface area is 98.5 Å². The number of sulfonamides is 1. The molecule has 4 nitrogen and oxygen atoms in total. The number of aliphatic hydroxyl groups excluding tert-OH is 1. The Morgan fingerprint density at radius 3 is 2.31 bits per heavy atom. The SMILES string of the molecule is CC(O)CC(C)NS(=O)(=O)C1CCCCC1. The first kappa shape index (κ1) is 13.9. The Morgan fingerprint density at radius 2 is 1.81 bits per heavy atom. The van der Waals surface area contributed by atoms with Crippen molar-refractivity contribution in [1.82, 2.24) is 4.72 Å². The summed E-state index contributed by atoms with van der Waals surface area (Å²) in [7, 11) is -3.19. The lowest BCUT2D eigenvalue weighted by molar-refractivity contribution is 0.174. The normalized spacial score (nSPS) is 22.9. The number of aliphatic hydroxyl groups is 1. The predicted octanol–water partition coefficient (Wildman–Crippen LogP) is 1.40. The van der Waals surface area contributed by atoms with E-state index in [1.807, 2.05) is 0 Å². The van der Waals surface area contributed by atoms with Crippen molar-refractivity contribution < 1.29 is 13.5 Å². The molecule has 1 aliphatic carbocycles. The van der Waals surface area contributed by atoms with E-state index < -0.39 is 16.1 Å². The van der Waals surface area contributed by atoms with Crippen molar-refractivity contribution >= 4 is 10.0 Å². The molecule has 0 amide bonds. The minimum atomic E-state index is -3.19. The quantitative estimate of drug-likeness (QED) is 0.774. The maximum absolute atomic E-state index is 12.0. The molecule has 5 heteroatoms. The minimum absolute atomic E-state index is 0.188. The number of nitrogens with one attached hydrogen (secondary N) is 1. The van der Waals surface area contributed by atoms with Crippen molar-refractivity contribution in [2.75, 3.05) is 0 Å². The van der Waals surface area contributed by atoms with Gasteiger partial charge in [-0.1, -0.05) is 19.3 Å². The van der Waals surface area contributed by atoms with Crippen LogP contribution in [0.4, 0.5) is 0 Å². The molecule has 0 spiro atoms. The maximum atomic E-state index is 12.0. The van der Waals surface area contributed by atoms with Gasteiger partial charge in [-0.2, -0.15) is 0 Å². The van der Waals surface area contributed by atoms with Crippen molar-refractivity contribution in [3.63, 3.8) is 0 Å². The van der Waals surface area contributed by atoms with Gasteiger partial charge in [0, 0.05) is 6.04 Å². The molecule has 0 aromatic heterocycles.